The molecule has 2 amide bonds. The van der Waals surface area contributed by atoms with E-state index >= 15 is 0 Å². The maximum absolute atomic E-state index is 12.3. The van der Waals surface area contributed by atoms with Crippen LogP contribution in [0.1, 0.15) is 68.7 Å². The fraction of sp³-hybridized carbons (Fsp3) is 0.524. The largest absolute Gasteiger partial charge is 0.269 e. The van der Waals surface area contributed by atoms with Crippen molar-refractivity contribution >= 4 is 11.8 Å². The van der Waals surface area contributed by atoms with Crippen LogP contribution in [-0.4, -0.2) is 16.7 Å². The van der Waals surface area contributed by atoms with Gasteiger partial charge in [0.25, 0.3) is 11.8 Å². The summed E-state index contributed by atoms with van der Waals surface area (Å²) in [4.78, 5) is 26.2. The van der Waals surface area contributed by atoms with Crippen LogP contribution in [0.2, 0.25) is 0 Å². The van der Waals surface area contributed by atoms with Gasteiger partial charge in [0.15, 0.2) is 0 Å². The predicted molar refractivity (Wildman–Crippen MR) is 95.5 cm³/mol. The Bertz CT molecular complexity index is 644. The average Bonchev–Trinajstić information content (AvgIpc) is 3.10. The number of aryl methyl sites for hydroxylation is 1. The van der Waals surface area contributed by atoms with Crippen LogP contribution in [0.3, 0.4) is 0 Å². The van der Waals surface area contributed by atoms with Crippen molar-refractivity contribution in [1.82, 2.24) is 4.90 Å². The number of fused-ring (bicyclic) bond motifs is 1. The van der Waals surface area contributed by atoms with Gasteiger partial charge < -0.3 is 0 Å². The first kappa shape index (κ1) is 16.9. The second-order valence-electron chi connectivity index (χ2n) is 7.02. The summed E-state index contributed by atoms with van der Waals surface area (Å²) in [5.41, 5.74) is 3.92. The molecule has 0 N–H and O–H groups in total. The molecule has 3 rings (SSSR count). The molecule has 0 bridgehead atoms. The summed E-state index contributed by atoms with van der Waals surface area (Å²) in [6.07, 6.45) is 10.5. The Morgan fingerprint density at radius 3 is 2.42 bits per heavy atom. The van der Waals surface area contributed by atoms with Crippen molar-refractivity contribution in [1.29, 1.82) is 0 Å². The highest BCUT2D eigenvalue weighted by molar-refractivity contribution is 6.13. The first-order valence-corrected chi connectivity index (χ1v) is 9.33. The van der Waals surface area contributed by atoms with Crippen molar-refractivity contribution in [2.24, 2.45) is 5.92 Å². The topological polar surface area (TPSA) is 37.4 Å². The van der Waals surface area contributed by atoms with Crippen LogP contribution in [0.25, 0.3) is 0 Å². The molecule has 1 aromatic carbocycles. The van der Waals surface area contributed by atoms with Crippen LogP contribution >= 0.6 is 0 Å². The average molecular weight is 325 g/mol. The lowest BCUT2D eigenvalue weighted by Crippen LogP contribution is -2.37. The standard InChI is InChI=1S/C21H27NO2/c1-3-5-8-15-10-7-11-16-14-17(9-6-4-2)21(20(15)16)22-18(23)12-13-19(22)24/h7,10-13,17,21H,3-6,8-9,14H2,1-2H3/t17-,21-/m0/s1. The Hall–Kier alpha value is -1.90. The highest BCUT2D eigenvalue weighted by Crippen LogP contribution is 2.45. The van der Waals surface area contributed by atoms with Crippen molar-refractivity contribution in [3.05, 3.63) is 47.0 Å². The number of imide groups is 1. The molecule has 1 aromatic rings. The third-order valence-electron chi connectivity index (χ3n) is 5.36. The highest BCUT2D eigenvalue weighted by Gasteiger charge is 2.42. The summed E-state index contributed by atoms with van der Waals surface area (Å²) in [5.74, 6) is 0.0600. The number of hydrogen-bond donors (Lipinski definition) is 0. The molecule has 2 atom stereocenters. The second-order valence-corrected chi connectivity index (χ2v) is 7.02. The summed E-state index contributed by atoms with van der Waals surface area (Å²) >= 11 is 0. The van der Waals surface area contributed by atoms with Gasteiger partial charge in [-0.2, -0.15) is 0 Å². The Morgan fingerprint density at radius 1 is 1.04 bits per heavy atom. The minimum Gasteiger partial charge on any atom is -0.269 e. The molecule has 128 valence electrons. The summed E-state index contributed by atoms with van der Waals surface area (Å²) in [5, 5.41) is 0. The molecule has 1 heterocycles. The SMILES string of the molecule is CCCCc1cccc2c1[C@@H](N1C(=O)C=CC1=O)[C@@H](CCCC)C2. The predicted octanol–water partition coefficient (Wildman–Crippen LogP) is 4.36. The van der Waals surface area contributed by atoms with Gasteiger partial charge in [0.1, 0.15) is 0 Å². The molecular weight excluding hydrogens is 298 g/mol. The maximum atomic E-state index is 12.3. The van der Waals surface area contributed by atoms with Crippen molar-refractivity contribution in [2.75, 3.05) is 0 Å². The minimum atomic E-state index is -0.148. The smallest absolute Gasteiger partial charge is 0.254 e. The van der Waals surface area contributed by atoms with Crippen LogP contribution in [0.5, 0.6) is 0 Å². The molecule has 0 aromatic heterocycles. The lowest BCUT2D eigenvalue weighted by Gasteiger charge is -2.30. The zero-order chi connectivity index (χ0) is 17.1. The number of amides is 2. The molecule has 0 saturated carbocycles. The summed E-state index contributed by atoms with van der Waals surface area (Å²) in [6, 6.07) is 6.42. The molecule has 0 radical (unpaired) electrons. The fourth-order valence-electron chi connectivity index (χ4n) is 4.19. The highest BCUT2D eigenvalue weighted by atomic mass is 16.2. The van der Waals surface area contributed by atoms with Gasteiger partial charge in [0, 0.05) is 12.2 Å². The number of hydrogen-bond acceptors (Lipinski definition) is 2. The second kappa shape index (κ2) is 7.33. The van der Waals surface area contributed by atoms with E-state index in [0.717, 1.165) is 44.9 Å². The number of rotatable bonds is 7. The van der Waals surface area contributed by atoms with Crippen molar-refractivity contribution in [3.63, 3.8) is 0 Å². The normalized spacial score (nSPS) is 22.5. The molecule has 2 aliphatic rings. The van der Waals surface area contributed by atoms with Gasteiger partial charge in [-0.15, -0.1) is 0 Å². The first-order valence-electron chi connectivity index (χ1n) is 9.33. The number of nitrogens with zero attached hydrogens (tertiary/aromatic N) is 1. The van der Waals surface area contributed by atoms with Gasteiger partial charge in [-0.3, -0.25) is 14.5 Å². The molecule has 0 saturated heterocycles. The number of unbranched alkanes of at least 4 members (excludes halogenated alkanes) is 2. The summed E-state index contributed by atoms with van der Waals surface area (Å²) < 4.78 is 0. The summed E-state index contributed by atoms with van der Waals surface area (Å²) in [6.45, 7) is 4.39. The Kier molecular flexibility index (Phi) is 5.17. The van der Waals surface area contributed by atoms with Crippen molar-refractivity contribution in [2.45, 2.75) is 64.8 Å². The van der Waals surface area contributed by atoms with Gasteiger partial charge in [0.2, 0.25) is 0 Å². The van der Waals surface area contributed by atoms with E-state index in [1.807, 2.05) is 0 Å². The van der Waals surface area contributed by atoms with Gasteiger partial charge in [-0.05, 0) is 48.3 Å². The number of carbonyl (C=O) groups excluding carboxylic acids is 2. The van der Waals surface area contributed by atoms with Crippen LogP contribution < -0.4 is 0 Å². The maximum Gasteiger partial charge on any atom is 0.254 e. The quantitative estimate of drug-likeness (QED) is 0.699. The van der Waals surface area contributed by atoms with Gasteiger partial charge in [-0.25, -0.2) is 0 Å². The van der Waals surface area contributed by atoms with E-state index in [1.54, 1.807) is 0 Å². The number of benzene rings is 1. The van der Waals surface area contributed by atoms with E-state index in [-0.39, 0.29) is 17.9 Å². The third kappa shape index (κ3) is 3.04. The molecule has 1 aliphatic heterocycles. The van der Waals surface area contributed by atoms with Crippen LogP contribution in [0, 0.1) is 5.92 Å². The first-order chi connectivity index (χ1) is 11.7. The summed E-state index contributed by atoms with van der Waals surface area (Å²) in [7, 11) is 0. The monoisotopic (exact) mass is 325 g/mol. The van der Waals surface area contributed by atoms with Gasteiger partial charge in [0.05, 0.1) is 6.04 Å². The zero-order valence-corrected chi connectivity index (χ0v) is 14.8. The van der Waals surface area contributed by atoms with Gasteiger partial charge in [-0.1, -0.05) is 51.3 Å². The van der Waals surface area contributed by atoms with E-state index in [0.29, 0.717) is 5.92 Å². The molecule has 3 heteroatoms. The fourth-order valence-corrected chi connectivity index (χ4v) is 4.19. The van der Waals surface area contributed by atoms with E-state index in [2.05, 4.69) is 32.0 Å². The van der Waals surface area contributed by atoms with E-state index in [9.17, 15) is 9.59 Å². The Labute approximate surface area is 144 Å². The molecular formula is C21H27NO2. The van der Waals surface area contributed by atoms with E-state index in [4.69, 9.17) is 0 Å². The lowest BCUT2D eigenvalue weighted by molar-refractivity contribution is -0.140. The molecule has 3 nitrogen and oxygen atoms in total. The molecule has 24 heavy (non-hydrogen) atoms. The lowest BCUT2D eigenvalue weighted by atomic mass is 9.90. The Morgan fingerprint density at radius 2 is 1.75 bits per heavy atom. The molecule has 0 spiro atoms. The van der Waals surface area contributed by atoms with Gasteiger partial charge >= 0.3 is 0 Å². The van der Waals surface area contributed by atoms with E-state index < -0.39 is 0 Å². The Balaban J connectivity index is 1.99. The molecule has 1 aliphatic carbocycles. The van der Waals surface area contributed by atoms with Crippen LogP contribution in [-0.2, 0) is 22.4 Å². The zero-order valence-electron chi connectivity index (χ0n) is 14.8. The molecule has 0 unspecified atom stereocenters. The van der Waals surface area contributed by atoms with Crippen LogP contribution in [0.4, 0.5) is 0 Å². The third-order valence-corrected chi connectivity index (χ3v) is 5.36. The number of carbonyl (C=O) groups is 2. The van der Waals surface area contributed by atoms with E-state index in [1.165, 1.54) is 33.7 Å². The van der Waals surface area contributed by atoms with Crippen molar-refractivity contribution < 1.29 is 9.59 Å². The van der Waals surface area contributed by atoms with Crippen LogP contribution in [0.15, 0.2) is 30.4 Å². The van der Waals surface area contributed by atoms with Crippen molar-refractivity contribution in [3.8, 4) is 0 Å². The minimum absolute atomic E-state index is 0.0744. The molecule has 0 fully saturated rings.